The van der Waals surface area contributed by atoms with E-state index in [2.05, 4.69) is 18.7 Å². The molecule has 1 unspecified atom stereocenters. The van der Waals surface area contributed by atoms with Gasteiger partial charge in [0.1, 0.15) is 5.75 Å². The van der Waals surface area contributed by atoms with Gasteiger partial charge in [-0.2, -0.15) is 0 Å². The van der Waals surface area contributed by atoms with Gasteiger partial charge in [0.05, 0.1) is 13.3 Å². The van der Waals surface area contributed by atoms with E-state index in [1.165, 1.54) is 5.56 Å². The zero-order valence-corrected chi connectivity index (χ0v) is 16.5. The molecular formula is C16H29FO3Y. The van der Waals surface area contributed by atoms with Gasteiger partial charge in [0.25, 0.3) is 0 Å². The molecule has 0 bridgehead atoms. The third kappa shape index (κ3) is 16.2. The molecule has 1 atom stereocenters. The van der Waals surface area contributed by atoms with Gasteiger partial charge >= 0.3 is 0 Å². The number of alkyl halides is 1. The van der Waals surface area contributed by atoms with E-state index >= 15 is 0 Å². The van der Waals surface area contributed by atoms with Crippen LogP contribution in [-0.4, -0.2) is 23.6 Å². The monoisotopic (exact) mass is 377 g/mol. The van der Waals surface area contributed by atoms with Gasteiger partial charge < -0.3 is 5.11 Å². The fraction of sp³-hybridized carbons (Fsp3) is 0.625. The molecule has 0 fully saturated rings. The minimum absolute atomic E-state index is 0. The molecule has 0 spiro atoms. The summed E-state index contributed by atoms with van der Waals surface area (Å²) in [4.78, 5) is 4.14. The normalized spacial score (nSPS) is 10.2. The first-order valence-corrected chi connectivity index (χ1v) is 7.13. The Labute approximate surface area is 153 Å². The number of hydrogen-bond donors (Lipinski definition) is 2. The van der Waals surface area contributed by atoms with E-state index in [1.807, 2.05) is 19.1 Å². The van der Waals surface area contributed by atoms with Crippen LogP contribution in [0.2, 0.25) is 0 Å². The van der Waals surface area contributed by atoms with E-state index in [1.54, 1.807) is 12.1 Å². The summed E-state index contributed by atoms with van der Waals surface area (Å²) in [6.07, 6.45) is 5.22. The van der Waals surface area contributed by atoms with E-state index in [4.69, 9.17) is 10.4 Å². The minimum atomic E-state index is 0. The van der Waals surface area contributed by atoms with Crippen molar-refractivity contribution in [3.8, 4) is 5.75 Å². The van der Waals surface area contributed by atoms with E-state index in [0.29, 0.717) is 12.9 Å². The molecular weight excluding hydrogens is 348 g/mol. The van der Waals surface area contributed by atoms with Crippen molar-refractivity contribution in [1.82, 2.24) is 0 Å². The molecule has 0 aromatic heterocycles. The number of phenolic OH excluding ortho intramolecular Hbond substituents is 1. The summed E-state index contributed by atoms with van der Waals surface area (Å²) in [7, 11) is 0.500. The van der Waals surface area contributed by atoms with Gasteiger partial charge in [0, 0.05) is 32.7 Å². The summed E-state index contributed by atoms with van der Waals surface area (Å²) in [5, 5.41) is 17.1. The fourth-order valence-electron chi connectivity index (χ4n) is 1.60. The van der Waals surface area contributed by atoms with E-state index in [0.717, 1.165) is 32.1 Å². The molecule has 0 saturated heterocycles. The molecule has 0 amide bonds. The van der Waals surface area contributed by atoms with Crippen molar-refractivity contribution in [2.24, 2.45) is 0 Å². The Morgan fingerprint density at radius 1 is 1.05 bits per heavy atom. The van der Waals surface area contributed by atoms with Gasteiger partial charge in [0.2, 0.25) is 0 Å². The zero-order valence-electron chi connectivity index (χ0n) is 13.7. The van der Waals surface area contributed by atoms with Crippen molar-refractivity contribution in [1.29, 1.82) is 0 Å². The number of hydrogen-bond acceptors (Lipinski definition) is 3. The molecule has 0 saturated carbocycles. The minimum Gasteiger partial charge on any atom is -0.508 e. The van der Waals surface area contributed by atoms with Gasteiger partial charge in [-0.25, -0.2) is 4.89 Å². The molecule has 5 heteroatoms. The molecule has 0 aliphatic heterocycles. The van der Waals surface area contributed by atoms with Gasteiger partial charge in [-0.05, 0) is 37.0 Å². The predicted molar refractivity (Wildman–Crippen MR) is 81.8 cm³/mol. The summed E-state index contributed by atoms with van der Waals surface area (Å²) < 4.78 is 9.50. The van der Waals surface area contributed by atoms with E-state index in [9.17, 15) is 4.39 Å². The van der Waals surface area contributed by atoms with Crippen molar-refractivity contribution >= 4 is 0 Å². The largest absolute Gasteiger partial charge is 0.508 e. The molecule has 1 aromatic rings. The molecule has 0 aliphatic carbocycles. The average molecular weight is 377 g/mol. The molecule has 1 aromatic carbocycles. The van der Waals surface area contributed by atoms with Crippen molar-refractivity contribution in [2.45, 2.75) is 59.0 Å². The smallest absolute Gasteiger partial charge is 0.115 e. The number of halogens is 1. The van der Waals surface area contributed by atoms with Crippen LogP contribution in [0.3, 0.4) is 0 Å². The molecule has 21 heavy (non-hydrogen) atoms. The van der Waals surface area contributed by atoms with E-state index < -0.39 is 0 Å². The molecule has 2 N–H and O–H groups in total. The number of phenols is 1. The Balaban J connectivity index is -0.000000270. The summed E-state index contributed by atoms with van der Waals surface area (Å²) >= 11 is 0. The van der Waals surface area contributed by atoms with Crippen LogP contribution >= 0.6 is 0 Å². The van der Waals surface area contributed by atoms with Gasteiger partial charge in [-0.15, -0.1) is 0 Å². The first-order valence-electron chi connectivity index (χ1n) is 7.13. The number of rotatable bonds is 6. The predicted octanol–water partition coefficient (Wildman–Crippen LogP) is 4.98. The molecule has 1 radical (unpaired) electrons. The first-order chi connectivity index (χ1) is 9.67. The van der Waals surface area contributed by atoms with Crippen LogP contribution in [0.4, 0.5) is 4.39 Å². The molecule has 1 rings (SSSR count). The maximum atomic E-state index is 9.50. The van der Waals surface area contributed by atoms with E-state index in [-0.39, 0.29) is 38.8 Å². The van der Waals surface area contributed by atoms with Crippen LogP contribution in [0.1, 0.15) is 52.0 Å². The molecule has 0 heterocycles. The standard InChI is InChI=1S/C9H12O.C6H14O2.CH3F.Y/c1-2-3-8-4-6-9(10)7-5-8;1-3-5-6(4-2)8-7;1-2;/h4-7,10H,2-3H2,1H3;6-7H,3-5H2,1-2H3;1H3;. The van der Waals surface area contributed by atoms with Crippen LogP contribution in [0, 0.1) is 0 Å². The van der Waals surface area contributed by atoms with Crippen molar-refractivity contribution < 1.29 is 52.4 Å². The summed E-state index contributed by atoms with van der Waals surface area (Å²) in [5.74, 6) is 0.347. The Bertz CT molecular complexity index is 290. The third-order valence-electron chi connectivity index (χ3n) is 2.69. The maximum Gasteiger partial charge on any atom is 0.115 e. The van der Waals surface area contributed by atoms with Crippen molar-refractivity contribution in [3.63, 3.8) is 0 Å². The maximum absolute atomic E-state index is 9.50. The van der Waals surface area contributed by atoms with Crippen LogP contribution in [0.25, 0.3) is 0 Å². The molecule has 3 nitrogen and oxygen atoms in total. The zero-order chi connectivity index (χ0) is 15.8. The summed E-state index contributed by atoms with van der Waals surface area (Å²) in [6, 6.07) is 7.37. The summed E-state index contributed by atoms with van der Waals surface area (Å²) in [5.41, 5.74) is 1.29. The quantitative estimate of drug-likeness (QED) is 0.543. The number of benzene rings is 1. The first kappa shape index (κ1) is 25.9. The van der Waals surface area contributed by atoms with Gasteiger partial charge in [0.15, 0.2) is 0 Å². The SMILES string of the molecule is CCCC(CC)OO.CCCc1ccc(O)cc1.CF.[Y]. The Morgan fingerprint density at radius 3 is 1.86 bits per heavy atom. The Kier molecular flexibility index (Phi) is 24.6. The second-order valence-electron chi connectivity index (χ2n) is 4.34. The Morgan fingerprint density at radius 2 is 1.57 bits per heavy atom. The van der Waals surface area contributed by atoms with Crippen LogP contribution in [0.5, 0.6) is 5.75 Å². The fourth-order valence-corrected chi connectivity index (χ4v) is 1.60. The average Bonchev–Trinajstić information content (AvgIpc) is 2.50. The van der Waals surface area contributed by atoms with Crippen LogP contribution in [0.15, 0.2) is 24.3 Å². The molecule has 121 valence electrons. The second kappa shape index (κ2) is 20.0. The van der Waals surface area contributed by atoms with Crippen molar-refractivity contribution in [3.05, 3.63) is 29.8 Å². The number of aryl methyl sites for hydroxylation is 1. The summed E-state index contributed by atoms with van der Waals surface area (Å²) in [6.45, 7) is 6.21. The van der Waals surface area contributed by atoms with Crippen LogP contribution in [-0.2, 0) is 44.0 Å². The van der Waals surface area contributed by atoms with Crippen LogP contribution < -0.4 is 0 Å². The second-order valence-corrected chi connectivity index (χ2v) is 4.34. The topological polar surface area (TPSA) is 49.7 Å². The van der Waals surface area contributed by atoms with Crippen molar-refractivity contribution in [2.75, 3.05) is 7.18 Å². The third-order valence-corrected chi connectivity index (χ3v) is 2.69. The number of aromatic hydroxyl groups is 1. The van der Waals surface area contributed by atoms with Gasteiger partial charge in [-0.1, -0.05) is 45.7 Å². The Hall–Kier alpha value is -0.0261. The molecule has 0 aliphatic rings. The van der Waals surface area contributed by atoms with Gasteiger partial charge in [-0.3, -0.25) is 9.65 Å².